The number of hydrogen-bond donors (Lipinski definition) is 6. The molecular weight excluding hydrogens is 640 g/mol. The molecule has 17 atom stereocenters. The van der Waals surface area contributed by atoms with Crippen molar-refractivity contribution in [3.05, 3.63) is 11.6 Å². The summed E-state index contributed by atoms with van der Waals surface area (Å²) in [5.41, 5.74) is -1.75. The molecule has 6 fully saturated rings. The van der Waals surface area contributed by atoms with Crippen LogP contribution in [0.1, 0.15) is 85.0 Å². The van der Waals surface area contributed by atoms with Crippen LogP contribution in [0.2, 0.25) is 0 Å². The topological polar surface area (TPSA) is 194 Å². The van der Waals surface area contributed by atoms with Gasteiger partial charge in [0.2, 0.25) is 0 Å². The first-order valence-corrected chi connectivity index (χ1v) is 18.3. The highest BCUT2D eigenvalue weighted by Gasteiger charge is 2.70. The molecule has 7 aliphatic rings. The number of hydrogen-bond acceptors (Lipinski definition) is 13. The number of carbonyl (C=O) groups is 1. The number of carbonyl (C=O) groups excluding carboxylic acids is 1. The quantitative estimate of drug-likeness (QED) is 0.164. The molecular formula is C36H56O13. The summed E-state index contributed by atoms with van der Waals surface area (Å²) in [5.74, 6) is -0.0462. The molecule has 3 heterocycles. The van der Waals surface area contributed by atoms with Gasteiger partial charge in [0.05, 0.1) is 36.1 Å². The fourth-order valence-electron chi connectivity index (χ4n) is 11.6. The van der Waals surface area contributed by atoms with Crippen LogP contribution in [0.25, 0.3) is 0 Å². The number of aliphatic hydroxyl groups excluding tert-OH is 4. The van der Waals surface area contributed by atoms with E-state index in [0.717, 1.165) is 24.8 Å². The molecule has 0 aromatic carbocycles. The number of aliphatic hydroxyl groups is 6. The van der Waals surface area contributed by atoms with E-state index in [1.807, 2.05) is 0 Å². The Hall–Kier alpha value is -1.23. The Balaban J connectivity index is 1.02. The zero-order valence-corrected chi connectivity index (χ0v) is 29.1. The molecule has 6 N–H and O–H groups in total. The van der Waals surface area contributed by atoms with Gasteiger partial charge in [-0.25, -0.2) is 4.79 Å². The van der Waals surface area contributed by atoms with Crippen molar-refractivity contribution in [1.29, 1.82) is 0 Å². The molecule has 278 valence electrons. The van der Waals surface area contributed by atoms with Crippen molar-refractivity contribution in [2.45, 2.75) is 158 Å². The third-order valence-corrected chi connectivity index (χ3v) is 14.4. The predicted molar refractivity (Wildman–Crippen MR) is 170 cm³/mol. The molecule has 0 aromatic heterocycles. The van der Waals surface area contributed by atoms with E-state index in [-0.39, 0.29) is 42.2 Å². The van der Waals surface area contributed by atoms with Crippen molar-refractivity contribution in [1.82, 2.24) is 0 Å². The second-order valence-electron chi connectivity index (χ2n) is 16.6. The summed E-state index contributed by atoms with van der Waals surface area (Å²) in [4.78, 5) is 11.9. The lowest BCUT2D eigenvalue weighted by molar-refractivity contribution is -0.332. The molecule has 0 amide bonds. The van der Waals surface area contributed by atoms with Gasteiger partial charge < -0.3 is 59.1 Å². The second-order valence-corrected chi connectivity index (χ2v) is 16.6. The Bertz CT molecular complexity index is 1270. The van der Waals surface area contributed by atoms with E-state index in [0.29, 0.717) is 45.1 Å². The molecule has 4 saturated carbocycles. The Morgan fingerprint density at radius 3 is 2.33 bits per heavy atom. The molecule has 2 saturated heterocycles. The Kier molecular flexibility index (Phi) is 9.60. The molecule has 0 spiro atoms. The maximum atomic E-state index is 12.5. The molecule has 0 bridgehead atoms. The van der Waals surface area contributed by atoms with Crippen LogP contribution in [0.5, 0.6) is 0 Å². The molecule has 3 aliphatic heterocycles. The van der Waals surface area contributed by atoms with Crippen LogP contribution in [-0.4, -0.2) is 130 Å². The molecule has 0 radical (unpaired) electrons. The first kappa shape index (κ1) is 36.1. The molecule has 4 aliphatic carbocycles. The highest BCUT2D eigenvalue weighted by atomic mass is 16.7. The van der Waals surface area contributed by atoms with E-state index < -0.39 is 78.0 Å². The minimum Gasteiger partial charge on any atom is -0.458 e. The predicted octanol–water partition coefficient (Wildman–Crippen LogP) is 1.08. The van der Waals surface area contributed by atoms with Crippen LogP contribution in [-0.2, 0) is 33.2 Å². The average Bonchev–Trinajstić information content (AvgIpc) is 3.58. The lowest BCUT2D eigenvalue weighted by Gasteiger charge is -2.66. The summed E-state index contributed by atoms with van der Waals surface area (Å²) < 4.78 is 34.5. The first-order chi connectivity index (χ1) is 23.1. The second kappa shape index (κ2) is 13.0. The van der Waals surface area contributed by atoms with Gasteiger partial charge in [0, 0.05) is 31.4 Å². The average molecular weight is 697 g/mol. The highest BCUT2D eigenvalue weighted by molar-refractivity contribution is 5.85. The van der Waals surface area contributed by atoms with Crippen LogP contribution >= 0.6 is 0 Å². The number of fused-ring (bicyclic) bond motifs is 5. The van der Waals surface area contributed by atoms with Gasteiger partial charge in [-0.2, -0.15) is 0 Å². The smallest absolute Gasteiger partial charge is 0.331 e. The number of ether oxygens (including phenoxy) is 6. The molecule has 13 nitrogen and oxygen atoms in total. The molecule has 7 rings (SSSR count). The summed E-state index contributed by atoms with van der Waals surface area (Å²) in [6.45, 7) is 6.21. The van der Waals surface area contributed by atoms with Crippen molar-refractivity contribution >= 4 is 5.97 Å². The summed E-state index contributed by atoms with van der Waals surface area (Å²) in [7, 11) is 1.39. The van der Waals surface area contributed by atoms with Crippen molar-refractivity contribution in [2.24, 2.45) is 28.6 Å². The zero-order chi connectivity index (χ0) is 35.1. The van der Waals surface area contributed by atoms with Crippen LogP contribution in [0.3, 0.4) is 0 Å². The SMILES string of the molecule is COC1C(O)[C@H](O[C@H]2CC[C@]3(C)C4CC[C@]5(C)[C@@H](C6=CC(=O)OC6)CC[C@]5(O)C4CC[C@]3(O)C2)OC(CO[C@H]2C(O)C[C@@H](O)OC2C)[C@H]1O. The minimum absolute atomic E-state index is 0.00562. The fourth-order valence-corrected chi connectivity index (χ4v) is 11.6. The maximum absolute atomic E-state index is 12.5. The highest BCUT2D eigenvalue weighted by Crippen LogP contribution is 2.70. The molecule has 49 heavy (non-hydrogen) atoms. The lowest BCUT2D eigenvalue weighted by atomic mass is 9.42. The van der Waals surface area contributed by atoms with Crippen molar-refractivity contribution in [2.75, 3.05) is 20.3 Å². The van der Waals surface area contributed by atoms with Crippen LogP contribution < -0.4 is 0 Å². The fraction of sp³-hybridized carbons (Fsp3) is 0.917. The number of cyclic esters (lactones) is 1. The van der Waals surface area contributed by atoms with Gasteiger partial charge in [0.1, 0.15) is 37.1 Å². The normalized spacial score (nSPS) is 54.4. The third kappa shape index (κ3) is 5.74. The van der Waals surface area contributed by atoms with Gasteiger partial charge in [-0.3, -0.25) is 0 Å². The Labute approximate surface area is 287 Å². The minimum atomic E-state index is -1.30. The van der Waals surface area contributed by atoms with Gasteiger partial charge in [-0.05, 0) is 87.0 Å². The van der Waals surface area contributed by atoms with Gasteiger partial charge >= 0.3 is 5.97 Å². The summed E-state index contributed by atoms with van der Waals surface area (Å²) >= 11 is 0. The summed E-state index contributed by atoms with van der Waals surface area (Å²) in [5, 5.41) is 67.3. The van der Waals surface area contributed by atoms with E-state index in [9.17, 15) is 35.4 Å². The van der Waals surface area contributed by atoms with Gasteiger partial charge in [0.15, 0.2) is 12.6 Å². The maximum Gasteiger partial charge on any atom is 0.331 e. The molecule has 13 heteroatoms. The van der Waals surface area contributed by atoms with Crippen LogP contribution in [0.15, 0.2) is 11.6 Å². The standard InChI is InChI=1S/C36H56O13/c1-18-30(24(37)14-27(39)47-18)46-17-25-28(40)31(44-4)29(41)32(49-25)48-20-5-9-33(2)22-6-10-34(3)21(19-13-26(38)45-16-19)8-12-36(34,43)23(22)7-11-35(33,42)15-20/h13,18,20-25,27-32,37,39-43H,5-12,14-17H2,1-4H3/t18?,20-,21+,22?,23?,24?,25?,27-,28+,29?,30+,31?,32+,33+,34+,35-,36-/m0/s1. The van der Waals surface area contributed by atoms with Crippen LogP contribution in [0.4, 0.5) is 0 Å². The van der Waals surface area contributed by atoms with Crippen molar-refractivity contribution in [3.63, 3.8) is 0 Å². The monoisotopic (exact) mass is 696 g/mol. The zero-order valence-electron chi connectivity index (χ0n) is 29.1. The van der Waals surface area contributed by atoms with E-state index >= 15 is 0 Å². The van der Waals surface area contributed by atoms with E-state index in [2.05, 4.69) is 13.8 Å². The molecule has 0 aromatic rings. The van der Waals surface area contributed by atoms with Crippen LogP contribution in [0, 0.1) is 28.6 Å². The largest absolute Gasteiger partial charge is 0.458 e. The third-order valence-electron chi connectivity index (χ3n) is 14.4. The number of esters is 1. The van der Waals surface area contributed by atoms with Gasteiger partial charge in [0.25, 0.3) is 0 Å². The summed E-state index contributed by atoms with van der Waals surface area (Å²) in [6, 6.07) is 0. The Morgan fingerprint density at radius 2 is 1.63 bits per heavy atom. The van der Waals surface area contributed by atoms with Gasteiger partial charge in [-0.1, -0.05) is 13.8 Å². The summed E-state index contributed by atoms with van der Waals surface area (Å²) in [6.07, 6.45) is -1.89. The van der Waals surface area contributed by atoms with Crippen molar-refractivity contribution < 1.29 is 63.9 Å². The van der Waals surface area contributed by atoms with E-state index in [1.165, 1.54) is 7.11 Å². The number of rotatable bonds is 7. The van der Waals surface area contributed by atoms with E-state index in [1.54, 1.807) is 13.0 Å². The Morgan fingerprint density at radius 1 is 0.898 bits per heavy atom. The first-order valence-electron chi connectivity index (χ1n) is 18.3. The molecule has 7 unspecified atom stereocenters. The van der Waals surface area contributed by atoms with Crippen molar-refractivity contribution in [3.8, 4) is 0 Å². The number of methoxy groups -OCH3 is 1. The lowest BCUT2D eigenvalue weighted by Crippen LogP contribution is -2.68. The van der Waals surface area contributed by atoms with E-state index in [4.69, 9.17) is 28.4 Å². The van der Waals surface area contributed by atoms with Gasteiger partial charge in [-0.15, -0.1) is 0 Å².